The first kappa shape index (κ1) is 12.2. The number of aliphatic carboxylic acids is 1. The van der Waals surface area contributed by atoms with Gasteiger partial charge in [-0.15, -0.1) is 0 Å². The molecule has 0 aliphatic heterocycles. The van der Waals surface area contributed by atoms with Gasteiger partial charge < -0.3 is 10.4 Å². The Morgan fingerprint density at radius 2 is 2.19 bits per heavy atom. The maximum absolute atomic E-state index is 11.5. The highest BCUT2D eigenvalue weighted by Crippen LogP contribution is 2.01. The van der Waals surface area contributed by atoms with Crippen LogP contribution < -0.4 is 5.32 Å². The van der Waals surface area contributed by atoms with Gasteiger partial charge in [-0.2, -0.15) is 5.10 Å². The largest absolute Gasteiger partial charge is 0.480 e. The van der Waals surface area contributed by atoms with E-state index in [1.807, 2.05) is 19.9 Å². The fourth-order valence-corrected chi connectivity index (χ4v) is 1.32. The van der Waals surface area contributed by atoms with Crippen LogP contribution in [0.2, 0.25) is 0 Å². The van der Waals surface area contributed by atoms with E-state index in [1.165, 1.54) is 6.92 Å². The molecule has 0 radical (unpaired) electrons. The minimum Gasteiger partial charge on any atom is -0.480 e. The zero-order valence-electron chi connectivity index (χ0n) is 9.52. The number of carboxylic acids is 1. The van der Waals surface area contributed by atoms with Gasteiger partial charge in [-0.05, 0) is 26.8 Å². The first-order valence-electron chi connectivity index (χ1n) is 4.93. The van der Waals surface area contributed by atoms with Crippen molar-refractivity contribution in [2.45, 2.75) is 33.4 Å². The Labute approximate surface area is 93.3 Å². The van der Waals surface area contributed by atoms with Crippen LogP contribution in [0, 0.1) is 13.8 Å². The lowest BCUT2D eigenvalue weighted by molar-refractivity contribution is -0.141. The molecule has 0 saturated carbocycles. The molecule has 0 aromatic carbocycles. The molecule has 16 heavy (non-hydrogen) atoms. The quantitative estimate of drug-likeness (QED) is 0.760. The Morgan fingerprint density at radius 3 is 2.62 bits per heavy atom. The second kappa shape index (κ2) is 4.78. The number of nitrogens with one attached hydrogen (secondary N) is 1. The maximum atomic E-state index is 11.5. The van der Waals surface area contributed by atoms with Crippen LogP contribution in [0.25, 0.3) is 0 Å². The topological polar surface area (TPSA) is 84.2 Å². The maximum Gasteiger partial charge on any atom is 0.325 e. The summed E-state index contributed by atoms with van der Waals surface area (Å²) in [5.74, 6) is -1.41. The van der Waals surface area contributed by atoms with Gasteiger partial charge in [0, 0.05) is 5.69 Å². The van der Waals surface area contributed by atoms with E-state index in [0.717, 1.165) is 11.4 Å². The van der Waals surface area contributed by atoms with E-state index in [0.29, 0.717) is 0 Å². The summed E-state index contributed by atoms with van der Waals surface area (Å²) in [7, 11) is 0. The normalized spacial score (nSPS) is 12.2. The lowest BCUT2D eigenvalue weighted by atomic mass is 10.3. The van der Waals surface area contributed by atoms with Crippen molar-refractivity contribution in [2.75, 3.05) is 0 Å². The van der Waals surface area contributed by atoms with Gasteiger partial charge in [0.05, 0.1) is 5.69 Å². The molecule has 1 atom stereocenters. The predicted molar refractivity (Wildman–Crippen MR) is 56.9 cm³/mol. The highest BCUT2D eigenvalue weighted by atomic mass is 16.4. The summed E-state index contributed by atoms with van der Waals surface area (Å²) in [6.07, 6.45) is 0. The summed E-state index contributed by atoms with van der Waals surface area (Å²) in [6, 6.07) is 0.970. The number of carboxylic acid groups (broad SMARTS) is 1. The number of aryl methyl sites for hydroxylation is 2. The van der Waals surface area contributed by atoms with E-state index < -0.39 is 12.0 Å². The van der Waals surface area contributed by atoms with E-state index in [1.54, 1.807) is 4.68 Å². The Balaban J connectivity index is 2.58. The van der Waals surface area contributed by atoms with Gasteiger partial charge >= 0.3 is 5.97 Å². The molecule has 0 aliphatic rings. The average molecular weight is 225 g/mol. The predicted octanol–water partition coefficient (Wildman–Crippen LogP) is 0.0892. The lowest BCUT2D eigenvalue weighted by Crippen LogP contribution is -2.40. The van der Waals surface area contributed by atoms with Crippen LogP contribution in [0.5, 0.6) is 0 Å². The molecule has 0 spiro atoms. The summed E-state index contributed by atoms with van der Waals surface area (Å²) in [5, 5.41) is 15.1. The Hall–Kier alpha value is -1.85. The number of rotatable bonds is 4. The van der Waals surface area contributed by atoms with Crippen LogP contribution >= 0.6 is 0 Å². The molecule has 1 aromatic heterocycles. The molecule has 0 bridgehead atoms. The minimum atomic E-state index is -1.05. The van der Waals surface area contributed by atoms with Crippen LogP contribution in [0.3, 0.4) is 0 Å². The van der Waals surface area contributed by atoms with E-state index in [-0.39, 0.29) is 12.5 Å². The van der Waals surface area contributed by atoms with E-state index in [4.69, 9.17) is 5.11 Å². The molecular formula is C10H15N3O3. The van der Waals surface area contributed by atoms with Crippen molar-refractivity contribution >= 4 is 11.9 Å². The summed E-state index contributed by atoms with van der Waals surface area (Å²) < 4.78 is 1.54. The first-order chi connectivity index (χ1) is 7.40. The molecule has 0 aliphatic carbocycles. The van der Waals surface area contributed by atoms with Crippen molar-refractivity contribution in [3.05, 3.63) is 17.5 Å². The standard InChI is InChI=1S/C10H15N3O3/c1-6-4-7(2)13(12-6)5-9(14)11-8(3)10(15)16/h4,8H,5H2,1-3H3,(H,11,14)(H,15,16)/t8-/m0/s1. The number of nitrogens with zero attached hydrogens (tertiary/aromatic N) is 2. The molecule has 6 heteroatoms. The van der Waals surface area contributed by atoms with Crippen molar-refractivity contribution in [1.82, 2.24) is 15.1 Å². The van der Waals surface area contributed by atoms with Crippen LogP contribution in [0.1, 0.15) is 18.3 Å². The van der Waals surface area contributed by atoms with E-state index >= 15 is 0 Å². The average Bonchev–Trinajstić information content (AvgIpc) is 2.44. The van der Waals surface area contributed by atoms with Crippen molar-refractivity contribution in [2.24, 2.45) is 0 Å². The summed E-state index contributed by atoms with van der Waals surface area (Å²) >= 11 is 0. The lowest BCUT2D eigenvalue weighted by Gasteiger charge is -2.09. The zero-order valence-corrected chi connectivity index (χ0v) is 9.52. The Bertz CT molecular complexity index is 411. The highest BCUT2D eigenvalue weighted by Gasteiger charge is 2.14. The number of hydrogen-bond acceptors (Lipinski definition) is 3. The summed E-state index contributed by atoms with van der Waals surface area (Å²) in [6.45, 7) is 5.13. The Kier molecular flexibility index (Phi) is 3.65. The van der Waals surface area contributed by atoms with Crippen LogP contribution in [-0.2, 0) is 16.1 Å². The third kappa shape index (κ3) is 3.08. The number of aromatic nitrogens is 2. The van der Waals surface area contributed by atoms with E-state index in [9.17, 15) is 9.59 Å². The minimum absolute atomic E-state index is 0.0390. The summed E-state index contributed by atoms with van der Waals surface area (Å²) in [5.41, 5.74) is 1.70. The van der Waals surface area contributed by atoms with Gasteiger partial charge in [-0.25, -0.2) is 0 Å². The zero-order chi connectivity index (χ0) is 12.3. The number of carbonyl (C=O) groups is 2. The molecule has 88 valence electrons. The van der Waals surface area contributed by atoms with Gasteiger partial charge in [0.25, 0.3) is 0 Å². The molecule has 1 amide bonds. The smallest absolute Gasteiger partial charge is 0.325 e. The fraction of sp³-hybridized carbons (Fsp3) is 0.500. The van der Waals surface area contributed by atoms with Gasteiger partial charge in [-0.3, -0.25) is 14.3 Å². The van der Waals surface area contributed by atoms with Gasteiger partial charge in [0.2, 0.25) is 5.91 Å². The SMILES string of the molecule is Cc1cc(C)n(CC(=O)N[C@@H](C)C(=O)O)n1. The number of hydrogen-bond donors (Lipinski definition) is 2. The second-order valence-corrected chi connectivity index (χ2v) is 3.71. The molecular weight excluding hydrogens is 210 g/mol. The molecule has 6 nitrogen and oxygen atoms in total. The van der Waals surface area contributed by atoms with Gasteiger partial charge in [0.15, 0.2) is 0 Å². The highest BCUT2D eigenvalue weighted by molar-refractivity contribution is 5.83. The number of carbonyl (C=O) groups excluding carboxylic acids is 1. The molecule has 2 N–H and O–H groups in total. The molecule has 0 unspecified atom stereocenters. The third-order valence-corrected chi connectivity index (χ3v) is 2.14. The van der Waals surface area contributed by atoms with Crippen molar-refractivity contribution in [3.8, 4) is 0 Å². The Morgan fingerprint density at radius 1 is 1.56 bits per heavy atom. The molecule has 0 fully saturated rings. The van der Waals surface area contributed by atoms with Crippen LogP contribution in [0.4, 0.5) is 0 Å². The van der Waals surface area contributed by atoms with Gasteiger partial charge in [0.1, 0.15) is 12.6 Å². The summed E-state index contributed by atoms with van der Waals surface area (Å²) in [4.78, 5) is 22.0. The fourth-order valence-electron chi connectivity index (χ4n) is 1.32. The molecule has 1 aromatic rings. The van der Waals surface area contributed by atoms with Crippen LogP contribution in [-0.4, -0.2) is 32.8 Å². The monoisotopic (exact) mass is 225 g/mol. The van der Waals surface area contributed by atoms with Crippen molar-refractivity contribution in [1.29, 1.82) is 0 Å². The molecule has 0 saturated heterocycles. The molecule has 1 rings (SSSR count). The third-order valence-electron chi connectivity index (χ3n) is 2.14. The van der Waals surface area contributed by atoms with Crippen molar-refractivity contribution < 1.29 is 14.7 Å². The molecule has 1 heterocycles. The van der Waals surface area contributed by atoms with Crippen molar-refractivity contribution in [3.63, 3.8) is 0 Å². The first-order valence-corrected chi connectivity index (χ1v) is 4.93. The van der Waals surface area contributed by atoms with Gasteiger partial charge in [-0.1, -0.05) is 0 Å². The second-order valence-electron chi connectivity index (χ2n) is 3.71. The van der Waals surface area contributed by atoms with E-state index in [2.05, 4.69) is 10.4 Å². The van der Waals surface area contributed by atoms with Crippen LogP contribution in [0.15, 0.2) is 6.07 Å². The number of amides is 1.